The Morgan fingerprint density at radius 3 is 2.51 bits per heavy atom. The summed E-state index contributed by atoms with van der Waals surface area (Å²) in [5.74, 6) is -0.344. The quantitative estimate of drug-likeness (QED) is 0.198. The molecular formula is C29H21FI2N2O4S. The highest BCUT2D eigenvalue weighted by Crippen LogP contribution is 2.35. The molecule has 1 atom stereocenters. The summed E-state index contributed by atoms with van der Waals surface area (Å²) >= 11 is 5.65. The number of fused-ring (bicyclic) bond motifs is 1. The lowest BCUT2D eigenvalue weighted by Crippen LogP contribution is -2.40. The summed E-state index contributed by atoms with van der Waals surface area (Å²) in [5, 5.41) is 0. The van der Waals surface area contributed by atoms with Gasteiger partial charge in [-0.25, -0.2) is 14.2 Å². The van der Waals surface area contributed by atoms with Gasteiger partial charge in [-0.3, -0.25) is 9.36 Å². The predicted octanol–water partition coefficient (Wildman–Crippen LogP) is 5.29. The molecule has 6 nitrogen and oxygen atoms in total. The number of nitrogens with zero attached hydrogens (tertiary/aromatic N) is 2. The number of benzene rings is 3. The van der Waals surface area contributed by atoms with Crippen molar-refractivity contribution in [1.82, 2.24) is 4.57 Å². The van der Waals surface area contributed by atoms with Crippen LogP contribution < -0.4 is 19.6 Å². The third-order valence-electron chi connectivity index (χ3n) is 6.09. The fraction of sp³-hybridized carbons (Fsp3) is 0.138. The van der Waals surface area contributed by atoms with Gasteiger partial charge >= 0.3 is 5.97 Å². The van der Waals surface area contributed by atoms with Crippen molar-refractivity contribution in [3.63, 3.8) is 0 Å². The molecule has 0 fully saturated rings. The molecule has 1 aromatic heterocycles. The molecule has 5 rings (SSSR count). The monoisotopic (exact) mass is 766 g/mol. The highest BCUT2D eigenvalue weighted by Gasteiger charge is 2.35. The molecule has 3 aromatic carbocycles. The van der Waals surface area contributed by atoms with Gasteiger partial charge in [0.05, 0.1) is 39.1 Å². The highest BCUT2D eigenvalue weighted by atomic mass is 127. The molecule has 0 saturated carbocycles. The molecule has 0 saturated heterocycles. The van der Waals surface area contributed by atoms with Gasteiger partial charge in [-0.1, -0.05) is 53.8 Å². The standard InChI is InChI=1S/C29H21FI2N2O4S/c1-3-38-28(36)23-24(16-7-5-4-6-8-16)33-29-34(25(23)17-9-11-19(30)12-10-17)27(35)22(39-29)14-18-13-20(31)15-21(32)26(18)37-2/h4-15,25H,3H2,1-2H3/b22-14-/t25-/m1/s1. The first-order chi connectivity index (χ1) is 18.8. The Balaban J connectivity index is 1.84. The van der Waals surface area contributed by atoms with Gasteiger partial charge in [0.15, 0.2) is 4.80 Å². The van der Waals surface area contributed by atoms with Crippen LogP contribution in [0.5, 0.6) is 5.75 Å². The Labute approximate surface area is 254 Å². The zero-order chi connectivity index (χ0) is 27.7. The Hall–Kier alpha value is -2.84. The average Bonchev–Trinajstić information content (AvgIpc) is 3.23. The summed E-state index contributed by atoms with van der Waals surface area (Å²) in [6, 6.07) is 18.1. The molecule has 0 spiro atoms. The maximum absolute atomic E-state index is 14.0. The van der Waals surface area contributed by atoms with Gasteiger partial charge in [-0.2, -0.15) is 0 Å². The van der Waals surface area contributed by atoms with E-state index in [1.54, 1.807) is 32.2 Å². The van der Waals surface area contributed by atoms with Crippen LogP contribution in [-0.4, -0.2) is 24.3 Å². The smallest absolute Gasteiger partial charge is 0.338 e. The number of halogens is 3. The number of aromatic nitrogens is 1. The second-order valence-electron chi connectivity index (χ2n) is 8.49. The van der Waals surface area contributed by atoms with Gasteiger partial charge in [0.2, 0.25) is 0 Å². The number of carbonyl (C=O) groups is 1. The van der Waals surface area contributed by atoms with Crippen molar-refractivity contribution in [2.45, 2.75) is 13.0 Å². The molecule has 0 radical (unpaired) electrons. The van der Waals surface area contributed by atoms with Crippen LogP contribution in [0.2, 0.25) is 0 Å². The molecule has 198 valence electrons. The topological polar surface area (TPSA) is 69.9 Å². The lowest BCUT2D eigenvalue weighted by atomic mass is 9.93. The first-order valence-corrected chi connectivity index (χ1v) is 14.9. The molecule has 2 heterocycles. The van der Waals surface area contributed by atoms with E-state index in [4.69, 9.17) is 14.5 Å². The average molecular weight is 766 g/mol. The predicted molar refractivity (Wildman–Crippen MR) is 166 cm³/mol. The number of carbonyl (C=O) groups excluding carboxylic acids is 1. The number of thiazole rings is 1. The van der Waals surface area contributed by atoms with Gasteiger partial charge in [-0.05, 0) is 88.0 Å². The lowest BCUT2D eigenvalue weighted by molar-refractivity contribution is -0.138. The van der Waals surface area contributed by atoms with Crippen molar-refractivity contribution in [2.75, 3.05) is 13.7 Å². The van der Waals surface area contributed by atoms with Crippen molar-refractivity contribution < 1.29 is 18.7 Å². The highest BCUT2D eigenvalue weighted by molar-refractivity contribution is 14.1. The van der Waals surface area contributed by atoms with E-state index >= 15 is 0 Å². The van der Waals surface area contributed by atoms with Crippen LogP contribution >= 0.6 is 56.5 Å². The molecule has 0 amide bonds. The second kappa shape index (κ2) is 11.7. The molecule has 1 aliphatic rings. The minimum absolute atomic E-state index is 0.149. The second-order valence-corrected chi connectivity index (χ2v) is 11.9. The maximum atomic E-state index is 14.0. The number of hydrogen-bond donors (Lipinski definition) is 0. The SMILES string of the molecule is CCOC(=O)C1=C(c2ccccc2)N=c2s/c(=C\c3cc(I)cc(I)c3OC)c(=O)n2[C@@H]1c1ccc(F)cc1. The van der Waals surface area contributed by atoms with Gasteiger partial charge in [0.25, 0.3) is 5.56 Å². The normalized spacial score (nSPS) is 15.1. The van der Waals surface area contributed by atoms with Crippen LogP contribution in [0.3, 0.4) is 0 Å². The van der Waals surface area contributed by atoms with Crippen LogP contribution in [-0.2, 0) is 9.53 Å². The minimum atomic E-state index is -0.865. The molecule has 10 heteroatoms. The number of methoxy groups -OCH3 is 1. The molecule has 0 unspecified atom stereocenters. The van der Waals surface area contributed by atoms with E-state index in [1.165, 1.54) is 28.0 Å². The van der Waals surface area contributed by atoms with Gasteiger partial charge in [0.1, 0.15) is 11.6 Å². The molecule has 39 heavy (non-hydrogen) atoms. The largest absolute Gasteiger partial charge is 0.495 e. The zero-order valence-electron chi connectivity index (χ0n) is 20.8. The van der Waals surface area contributed by atoms with Crippen LogP contribution in [0.15, 0.2) is 82.1 Å². The van der Waals surface area contributed by atoms with Crippen LogP contribution in [0, 0.1) is 13.0 Å². The number of rotatable bonds is 6. The van der Waals surface area contributed by atoms with Gasteiger partial charge in [0, 0.05) is 14.7 Å². The fourth-order valence-corrected chi connectivity index (χ4v) is 7.55. The van der Waals surface area contributed by atoms with E-state index in [0.717, 1.165) is 12.7 Å². The molecule has 1 aliphatic heterocycles. The molecule has 0 N–H and O–H groups in total. The summed E-state index contributed by atoms with van der Waals surface area (Å²) in [5.41, 5.74) is 2.34. The lowest BCUT2D eigenvalue weighted by Gasteiger charge is -2.25. The van der Waals surface area contributed by atoms with Crippen LogP contribution in [0.1, 0.15) is 29.7 Å². The van der Waals surface area contributed by atoms with E-state index in [2.05, 4.69) is 45.2 Å². The van der Waals surface area contributed by atoms with E-state index in [1.807, 2.05) is 42.5 Å². The summed E-state index contributed by atoms with van der Waals surface area (Å²) in [6.45, 7) is 1.87. The van der Waals surface area contributed by atoms with Crippen molar-refractivity contribution in [2.24, 2.45) is 4.99 Å². The van der Waals surface area contributed by atoms with Crippen molar-refractivity contribution in [1.29, 1.82) is 0 Å². The number of ether oxygens (including phenoxy) is 2. The Morgan fingerprint density at radius 1 is 1.13 bits per heavy atom. The molecular weight excluding hydrogens is 745 g/mol. The van der Waals surface area contributed by atoms with E-state index in [0.29, 0.717) is 31.9 Å². The maximum Gasteiger partial charge on any atom is 0.338 e. The fourth-order valence-electron chi connectivity index (χ4n) is 4.44. The van der Waals surface area contributed by atoms with Crippen molar-refractivity contribution >= 4 is 74.3 Å². The summed E-state index contributed by atoms with van der Waals surface area (Å²) in [4.78, 5) is 32.7. The number of esters is 1. The summed E-state index contributed by atoms with van der Waals surface area (Å²) < 4.78 is 28.8. The van der Waals surface area contributed by atoms with Gasteiger partial charge in [-0.15, -0.1) is 0 Å². The van der Waals surface area contributed by atoms with E-state index in [9.17, 15) is 14.0 Å². The Morgan fingerprint density at radius 2 is 1.85 bits per heavy atom. The summed E-state index contributed by atoms with van der Waals surface area (Å²) in [7, 11) is 1.59. The van der Waals surface area contributed by atoms with Crippen LogP contribution in [0.25, 0.3) is 11.8 Å². The molecule has 0 bridgehead atoms. The minimum Gasteiger partial charge on any atom is -0.495 e. The van der Waals surface area contributed by atoms with Gasteiger partial charge < -0.3 is 9.47 Å². The number of hydrogen-bond acceptors (Lipinski definition) is 6. The van der Waals surface area contributed by atoms with Crippen LogP contribution in [0.4, 0.5) is 4.39 Å². The van der Waals surface area contributed by atoms with E-state index < -0.39 is 17.8 Å². The Bertz CT molecular complexity index is 1780. The molecule has 0 aliphatic carbocycles. The third-order valence-corrected chi connectivity index (χ3v) is 8.49. The van der Waals surface area contributed by atoms with E-state index in [-0.39, 0.29) is 17.7 Å². The van der Waals surface area contributed by atoms with Crippen molar-refractivity contribution in [3.05, 3.63) is 122 Å². The first-order valence-electron chi connectivity index (χ1n) is 11.9. The third kappa shape index (κ3) is 5.46. The summed E-state index contributed by atoms with van der Waals surface area (Å²) in [6.07, 6.45) is 1.78. The zero-order valence-corrected chi connectivity index (χ0v) is 25.9. The molecule has 4 aromatic rings. The first kappa shape index (κ1) is 27.7. The van der Waals surface area contributed by atoms with Crippen molar-refractivity contribution in [3.8, 4) is 5.75 Å². The Kier molecular flexibility index (Phi) is 8.33.